The Morgan fingerprint density at radius 1 is 0.636 bits per heavy atom. The van der Waals surface area contributed by atoms with Gasteiger partial charge in [0.15, 0.2) is 0 Å². The minimum absolute atomic E-state index is 1.14. The van der Waals surface area contributed by atoms with E-state index in [1.165, 1.54) is 103 Å². The van der Waals surface area contributed by atoms with E-state index in [1.807, 2.05) is 0 Å². The lowest BCUT2D eigenvalue weighted by Crippen LogP contribution is -1.89. The van der Waals surface area contributed by atoms with E-state index in [0.29, 0.717) is 0 Å². The molecule has 0 aliphatic carbocycles. The molecule has 0 atom stereocenters. The molecule has 0 heterocycles. The smallest absolute Gasteiger partial charge is 0.00342 e. The summed E-state index contributed by atoms with van der Waals surface area (Å²) in [4.78, 5) is 0. The molecule has 22 heavy (non-hydrogen) atoms. The third kappa shape index (κ3) is 16.6. The summed E-state index contributed by atoms with van der Waals surface area (Å²) in [6, 6.07) is 0. The molecular formula is C21H41Br. The van der Waals surface area contributed by atoms with E-state index in [9.17, 15) is 0 Å². The van der Waals surface area contributed by atoms with Crippen molar-refractivity contribution in [2.75, 3.05) is 5.33 Å². The van der Waals surface area contributed by atoms with Crippen molar-refractivity contribution in [3.63, 3.8) is 0 Å². The SMILES string of the molecule is CCCCCCCCC(=CCCCBr)CCCCCCCC. The molecule has 0 aromatic carbocycles. The lowest BCUT2D eigenvalue weighted by Gasteiger charge is -2.08. The zero-order valence-corrected chi connectivity index (χ0v) is 17.1. The van der Waals surface area contributed by atoms with Crippen molar-refractivity contribution in [2.45, 2.75) is 117 Å². The van der Waals surface area contributed by atoms with Crippen LogP contribution in [0.15, 0.2) is 11.6 Å². The van der Waals surface area contributed by atoms with E-state index in [2.05, 4.69) is 35.9 Å². The molecule has 0 unspecified atom stereocenters. The number of hydrogen-bond donors (Lipinski definition) is 0. The molecular weight excluding hydrogens is 332 g/mol. The number of alkyl halides is 1. The predicted molar refractivity (Wildman–Crippen MR) is 107 cm³/mol. The van der Waals surface area contributed by atoms with Crippen molar-refractivity contribution in [3.8, 4) is 0 Å². The Hall–Kier alpha value is 0.220. The predicted octanol–water partition coefficient (Wildman–Crippen LogP) is 8.59. The van der Waals surface area contributed by atoms with Crippen LogP contribution in [0, 0.1) is 0 Å². The van der Waals surface area contributed by atoms with Crippen LogP contribution >= 0.6 is 15.9 Å². The summed E-state index contributed by atoms with van der Waals surface area (Å²) in [6.45, 7) is 4.59. The van der Waals surface area contributed by atoms with Crippen LogP contribution in [0.2, 0.25) is 0 Å². The second-order valence-corrected chi connectivity index (χ2v) is 7.52. The number of allylic oxidation sites excluding steroid dienone is 2. The van der Waals surface area contributed by atoms with Crippen molar-refractivity contribution in [3.05, 3.63) is 11.6 Å². The van der Waals surface area contributed by atoms with Gasteiger partial charge in [-0.1, -0.05) is 106 Å². The van der Waals surface area contributed by atoms with E-state index in [-0.39, 0.29) is 0 Å². The van der Waals surface area contributed by atoms with E-state index >= 15 is 0 Å². The average molecular weight is 373 g/mol. The molecule has 0 N–H and O–H groups in total. The lowest BCUT2D eigenvalue weighted by molar-refractivity contribution is 0.582. The van der Waals surface area contributed by atoms with Gasteiger partial charge in [-0.2, -0.15) is 0 Å². The first kappa shape index (κ1) is 22.2. The van der Waals surface area contributed by atoms with Crippen molar-refractivity contribution in [2.24, 2.45) is 0 Å². The van der Waals surface area contributed by atoms with Gasteiger partial charge in [0, 0.05) is 5.33 Å². The summed E-state index contributed by atoms with van der Waals surface area (Å²) < 4.78 is 0. The number of hydrogen-bond acceptors (Lipinski definition) is 0. The number of rotatable bonds is 17. The summed E-state index contributed by atoms with van der Waals surface area (Å²) in [5, 5.41) is 1.14. The normalized spacial score (nSPS) is 10.9. The summed E-state index contributed by atoms with van der Waals surface area (Å²) in [5.74, 6) is 0. The van der Waals surface area contributed by atoms with Crippen LogP contribution in [0.25, 0.3) is 0 Å². The molecule has 0 aromatic rings. The quantitative estimate of drug-likeness (QED) is 0.136. The Bertz CT molecular complexity index is 214. The van der Waals surface area contributed by atoms with E-state index in [4.69, 9.17) is 0 Å². The fourth-order valence-electron chi connectivity index (χ4n) is 2.98. The zero-order valence-electron chi connectivity index (χ0n) is 15.5. The minimum atomic E-state index is 1.14. The highest BCUT2D eigenvalue weighted by Gasteiger charge is 1.99. The molecule has 0 fully saturated rings. The van der Waals surface area contributed by atoms with Crippen LogP contribution in [0.3, 0.4) is 0 Å². The lowest BCUT2D eigenvalue weighted by atomic mass is 9.98. The highest BCUT2D eigenvalue weighted by Crippen LogP contribution is 2.19. The molecule has 0 aliphatic heterocycles. The average Bonchev–Trinajstić information content (AvgIpc) is 2.53. The van der Waals surface area contributed by atoms with Crippen LogP contribution in [0.4, 0.5) is 0 Å². The summed E-state index contributed by atoms with van der Waals surface area (Å²) in [6.07, 6.45) is 24.9. The fourth-order valence-corrected chi connectivity index (χ4v) is 3.30. The second kappa shape index (κ2) is 19.3. The van der Waals surface area contributed by atoms with Crippen LogP contribution in [-0.4, -0.2) is 5.33 Å². The van der Waals surface area contributed by atoms with Gasteiger partial charge in [-0.3, -0.25) is 0 Å². The number of halogens is 1. The minimum Gasteiger partial charge on any atom is -0.0928 e. The van der Waals surface area contributed by atoms with Crippen LogP contribution < -0.4 is 0 Å². The topological polar surface area (TPSA) is 0 Å². The first-order chi connectivity index (χ1) is 10.8. The molecule has 0 aliphatic rings. The van der Waals surface area contributed by atoms with Gasteiger partial charge in [-0.05, 0) is 38.5 Å². The van der Waals surface area contributed by atoms with Gasteiger partial charge >= 0.3 is 0 Å². The van der Waals surface area contributed by atoms with Gasteiger partial charge in [0.25, 0.3) is 0 Å². The Balaban J connectivity index is 3.77. The monoisotopic (exact) mass is 372 g/mol. The maximum atomic E-state index is 3.55. The highest BCUT2D eigenvalue weighted by atomic mass is 79.9. The molecule has 0 aromatic heterocycles. The summed E-state index contributed by atoms with van der Waals surface area (Å²) in [7, 11) is 0. The van der Waals surface area contributed by atoms with Gasteiger partial charge in [-0.25, -0.2) is 0 Å². The molecule has 0 saturated heterocycles. The molecule has 0 radical (unpaired) electrons. The largest absolute Gasteiger partial charge is 0.0928 e. The molecule has 132 valence electrons. The molecule has 0 bridgehead atoms. The van der Waals surface area contributed by atoms with Gasteiger partial charge in [0.05, 0.1) is 0 Å². The summed E-state index contributed by atoms with van der Waals surface area (Å²) >= 11 is 3.55. The third-order valence-corrected chi connectivity index (χ3v) is 5.03. The third-order valence-electron chi connectivity index (χ3n) is 4.47. The Kier molecular flexibility index (Phi) is 19.5. The maximum Gasteiger partial charge on any atom is 0.00342 e. The zero-order chi connectivity index (χ0) is 16.3. The molecule has 0 rings (SSSR count). The molecule has 1 heteroatoms. The fraction of sp³-hybridized carbons (Fsp3) is 0.905. The van der Waals surface area contributed by atoms with Gasteiger partial charge in [0.1, 0.15) is 0 Å². The summed E-state index contributed by atoms with van der Waals surface area (Å²) in [5.41, 5.74) is 1.76. The van der Waals surface area contributed by atoms with Crippen LogP contribution in [0.1, 0.15) is 117 Å². The van der Waals surface area contributed by atoms with Crippen molar-refractivity contribution < 1.29 is 0 Å². The molecule has 0 saturated carbocycles. The van der Waals surface area contributed by atoms with Crippen molar-refractivity contribution >= 4 is 15.9 Å². The second-order valence-electron chi connectivity index (χ2n) is 6.73. The van der Waals surface area contributed by atoms with E-state index in [1.54, 1.807) is 5.57 Å². The van der Waals surface area contributed by atoms with Gasteiger partial charge < -0.3 is 0 Å². The molecule has 0 nitrogen and oxygen atoms in total. The van der Waals surface area contributed by atoms with E-state index < -0.39 is 0 Å². The van der Waals surface area contributed by atoms with Crippen LogP contribution in [0.5, 0.6) is 0 Å². The highest BCUT2D eigenvalue weighted by molar-refractivity contribution is 9.09. The Morgan fingerprint density at radius 2 is 1.09 bits per heavy atom. The van der Waals surface area contributed by atoms with Gasteiger partial charge in [0.2, 0.25) is 0 Å². The Morgan fingerprint density at radius 3 is 1.55 bits per heavy atom. The Labute approximate surface area is 149 Å². The van der Waals surface area contributed by atoms with Gasteiger partial charge in [-0.15, -0.1) is 0 Å². The molecule has 0 spiro atoms. The first-order valence-corrected chi connectivity index (χ1v) is 11.2. The maximum absolute atomic E-state index is 3.55. The number of unbranched alkanes of at least 4 members (excludes halogenated alkanes) is 11. The first-order valence-electron chi connectivity index (χ1n) is 10.1. The van der Waals surface area contributed by atoms with Crippen molar-refractivity contribution in [1.82, 2.24) is 0 Å². The molecule has 0 amide bonds. The van der Waals surface area contributed by atoms with Crippen LogP contribution in [-0.2, 0) is 0 Å². The standard InChI is InChI=1S/C21H41Br/c1-3-5-7-9-11-13-17-21(19-15-16-20-22)18-14-12-10-8-6-4-2/h19H,3-18,20H2,1-2H3. The van der Waals surface area contributed by atoms with E-state index in [0.717, 1.165) is 5.33 Å². The van der Waals surface area contributed by atoms with Crippen molar-refractivity contribution in [1.29, 1.82) is 0 Å².